The first-order valence-electron chi connectivity index (χ1n) is 12.6. The summed E-state index contributed by atoms with van der Waals surface area (Å²) in [5.41, 5.74) is 0. The van der Waals surface area contributed by atoms with Crippen LogP contribution in [-0.2, 0) is 14.3 Å². The van der Waals surface area contributed by atoms with E-state index < -0.39 is 10.1 Å². The molecule has 0 N–H and O–H groups in total. The van der Waals surface area contributed by atoms with Crippen LogP contribution in [0.15, 0.2) is 35.2 Å². The Kier molecular flexibility index (Phi) is 23.1. The van der Waals surface area contributed by atoms with Crippen molar-refractivity contribution in [1.82, 2.24) is 0 Å². The second kappa shape index (κ2) is 22.6. The number of benzene rings is 1. The Morgan fingerprint density at radius 3 is 1.35 bits per heavy atom. The van der Waals surface area contributed by atoms with Gasteiger partial charge < -0.3 is 1.43 Å². The fraction of sp³-hybridized carbons (Fsp3) is 0.769. The first-order valence-corrected chi connectivity index (χ1v) is 14.0. The second-order valence-electron chi connectivity index (χ2n) is 8.60. The van der Waals surface area contributed by atoms with Crippen LogP contribution < -0.4 is 51.4 Å². The van der Waals surface area contributed by atoms with Crippen LogP contribution in [0.4, 0.5) is 0 Å². The van der Waals surface area contributed by atoms with Gasteiger partial charge in [-0.3, -0.25) is 4.18 Å². The van der Waals surface area contributed by atoms with Gasteiger partial charge in [0.05, 0.1) is 11.5 Å². The van der Waals surface area contributed by atoms with Crippen LogP contribution in [-0.4, -0.2) is 15.0 Å². The first kappa shape index (κ1) is 31.8. The van der Waals surface area contributed by atoms with E-state index in [0.29, 0.717) is 0 Å². The minimum Gasteiger partial charge on any atom is -1.00 e. The van der Waals surface area contributed by atoms with Gasteiger partial charge in [-0.05, 0) is 18.6 Å². The monoisotopic (exact) mass is 478 g/mol. The maximum atomic E-state index is 12.0. The van der Waals surface area contributed by atoms with Crippen molar-refractivity contribution in [2.24, 2.45) is 0 Å². The van der Waals surface area contributed by atoms with E-state index in [1.807, 2.05) is 0 Å². The molecule has 0 aliphatic heterocycles. The summed E-state index contributed by atoms with van der Waals surface area (Å²) in [6.07, 6.45) is 23.9. The van der Waals surface area contributed by atoms with Gasteiger partial charge in [-0.15, -0.1) is 0 Å². The Balaban J connectivity index is 0. The number of unbranched alkanes of at least 4 members (excludes halogenated alkanes) is 17. The topological polar surface area (TPSA) is 43.4 Å². The van der Waals surface area contributed by atoms with E-state index >= 15 is 0 Å². The van der Waals surface area contributed by atoms with Crippen molar-refractivity contribution >= 4 is 10.1 Å². The Morgan fingerprint density at radius 2 is 0.968 bits per heavy atom. The van der Waals surface area contributed by atoms with Crippen LogP contribution >= 0.6 is 0 Å². The van der Waals surface area contributed by atoms with Crippen LogP contribution in [0, 0.1) is 0 Å². The van der Waals surface area contributed by atoms with E-state index in [-0.39, 0.29) is 64.3 Å². The molecule has 0 aromatic heterocycles. The van der Waals surface area contributed by atoms with Gasteiger partial charge in [-0.25, -0.2) is 0 Å². The number of rotatable bonds is 21. The van der Waals surface area contributed by atoms with Gasteiger partial charge in [-0.1, -0.05) is 134 Å². The van der Waals surface area contributed by atoms with Crippen LogP contribution in [0.5, 0.6) is 0 Å². The third kappa shape index (κ3) is 18.8. The molecule has 1 aromatic carbocycles. The maximum Gasteiger partial charge on any atom is 1.00 e. The van der Waals surface area contributed by atoms with Gasteiger partial charge in [0.15, 0.2) is 0 Å². The van der Waals surface area contributed by atoms with Crippen LogP contribution in [0.2, 0.25) is 0 Å². The summed E-state index contributed by atoms with van der Waals surface area (Å²) in [5.74, 6) is 0. The Labute approximate surface area is 237 Å². The molecule has 0 heterocycles. The molecule has 0 bridgehead atoms. The van der Waals surface area contributed by atoms with Crippen LogP contribution in [0.25, 0.3) is 0 Å². The number of hydrogen-bond donors (Lipinski definition) is 0. The molecule has 5 heteroatoms. The molecular weight excluding hydrogens is 431 g/mol. The zero-order valence-electron chi connectivity index (χ0n) is 21.5. The summed E-state index contributed by atoms with van der Waals surface area (Å²) in [5, 5.41) is 0. The van der Waals surface area contributed by atoms with Crippen molar-refractivity contribution in [2.75, 3.05) is 6.61 Å². The predicted molar refractivity (Wildman–Crippen MR) is 129 cm³/mol. The minimum absolute atomic E-state index is 0. The van der Waals surface area contributed by atoms with E-state index in [1.54, 1.807) is 30.3 Å². The summed E-state index contributed by atoms with van der Waals surface area (Å²) in [6.45, 7) is 2.57. The largest absolute Gasteiger partial charge is 1.00 e. The molecule has 1 rings (SSSR count). The zero-order valence-corrected chi connectivity index (χ0v) is 24.4. The third-order valence-electron chi connectivity index (χ3n) is 5.77. The van der Waals surface area contributed by atoms with Gasteiger partial charge >= 0.3 is 51.4 Å². The molecule has 0 atom stereocenters. The standard InChI is InChI=1S/C26H46O3S.K.H/c1-2-3-4-5-6-7-8-9-10-11-12-13-14-15-16-17-18-22-25-29-30(27,28)26-23-20-19-21-24-26;;/h19-21,23-24H,2-18,22,25H2,1H3;;/q;+1;-1. The van der Waals surface area contributed by atoms with Gasteiger partial charge in [0, 0.05) is 0 Å². The fourth-order valence-corrected chi connectivity index (χ4v) is 4.79. The second-order valence-corrected chi connectivity index (χ2v) is 10.2. The molecule has 1 aromatic rings. The average molecular weight is 479 g/mol. The summed E-state index contributed by atoms with van der Waals surface area (Å²) >= 11 is 0. The first-order chi connectivity index (χ1) is 14.7. The van der Waals surface area contributed by atoms with Gasteiger partial charge in [-0.2, -0.15) is 8.42 Å². The van der Waals surface area contributed by atoms with Crippen molar-refractivity contribution in [2.45, 2.75) is 127 Å². The molecule has 31 heavy (non-hydrogen) atoms. The van der Waals surface area contributed by atoms with Crippen molar-refractivity contribution in [1.29, 1.82) is 0 Å². The van der Waals surface area contributed by atoms with Crippen LogP contribution in [0.1, 0.15) is 124 Å². The van der Waals surface area contributed by atoms with E-state index in [1.165, 1.54) is 103 Å². The molecular formula is C26H47KO3S. The molecule has 0 spiro atoms. The molecule has 0 saturated carbocycles. The van der Waals surface area contributed by atoms with E-state index in [2.05, 4.69) is 6.92 Å². The predicted octanol–water partition coefficient (Wildman–Crippen LogP) is 5.55. The summed E-state index contributed by atoms with van der Waals surface area (Å²) in [7, 11) is -3.58. The number of hydrogen-bond acceptors (Lipinski definition) is 3. The molecule has 176 valence electrons. The molecule has 3 nitrogen and oxygen atoms in total. The van der Waals surface area contributed by atoms with Crippen molar-refractivity contribution < 1.29 is 65.4 Å². The molecule has 0 unspecified atom stereocenters. The Hall–Kier alpha value is 0.766. The fourth-order valence-electron chi connectivity index (χ4n) is 3.83. The van der Waals surface area contributed by atoms with Gasteiger partial charge in [0.1, 0.15) is 0 Å². The van der Waals surface area contributed by atoms with Crippen molar-refractivity contribution in [3.05, 3.63) is 30.3 Å². The summed E-state index contributed by atoms with van der Waals surface area (Å²) in [6, 6.07) is 8.38. The van der Waals surface area contributed by atoms with Gasteiger partial charge in [0.25, 0.3) is 10.1 Å². The van der Waals surface area contributed by atoms with E-state index in [0.717, 1.165) is 12.8 Å². The Morgan fingerprint density at radius 1 is 0.613 bits per heavy atom. The van der Waals surface area contributed by atoms with Crippen molar-refractivity contribution in [3.63, 3.8) is 0 Å². The Bertz CT molecular complexity index is 596. The van der Waals surface area contributed by atoms with Crippen LogP contribution in [0.3, 0.4) is 0 Å². The summed E-state index contributed by atoms with van der Waals surface area (Å²) < 4.78 is 29.1. The zero-order chi connectivity index (χ0) is 21.8. The van der Waals surface area contributed by atoms with Gasteiger partial charge in [0.2, 0.25) is 0 Å². The van der Waals surface area contributed by atoms with Crippen molar-refractivity contribution in [3.8, 4) is 0 Å². The molecule has 0 saturated heterocycles. The van der Waals surface area contributed by atoms with E-state index in [4.69, 9.17) is 4.18 Å². The molecule has 0 aliphatic rings. The van der Waals surface area contributed by atoms with E-state index in [9.17, 15) is 8.42 Å². The molecule has 0 fully saturated rings. The third-order valence-corrected chi connectivity index (χ3v) is 7.09. The minimum atomic E-state index is -3.58. The molecule has 0 amide bonds. The summed E-state index contributed by atoms with van der Waals surface area (Å²) in [4.78, 5) is 0.243. The molecule has 0 radical (unpaired) electrons. The average Bonchev–Trinajstić information content (AvgIpc) is 2.76. The SMILES string of the molecule is CCCCCCCCCCCCCCCCCCCCOS(=O)(=O)c1ccccc1.[H-].[K+]. The smallest absolute Gasteiger partial charge is 1.00 e. The normalized spacial score (nSPS) is 11.4. The molecule has 0 aliphatic carbocycles. The quantitative estimate of drug-likeness (QED) is 0.132. The maximum absolute atomic E-state index is 12.0.